The first-order valence-electron chi connectivity index (χ1n) is 17.2. The van der Waals surface area contributed by atoms with Crippen molar-refractivity contribution in [1.29, 1.82) is 0 Å². The van der Waals surface area contributed by atoms with Crippen LogP contribution < -0.4 is 0 Å². The SMILES string of the molecule is [2H]C([2H])([2H])C(O)(CCC[C@@H](CC#CC(O)(C(F)(F)F)C(F)(F)F)C1CCC2/C(=C/C=C3/C[C@@H](O)C[C@H](O)C3=C)CCC[C@@]21C)C([2H])([2H])[2H]. The van der Waals surface area contributed by atoms with Crippen LogP contribution in [-0.4, -0.2) is 56.2 Å². The Morgan fingerprint density at radius 1 is 1.10 bits per heavy atom. The van der Waals surface area contributed by atoms with Crippen molar-refractivity contribution in [3.63, 3.8) is 0 Å². The summed E-state index contributed by atoms with van der Waals surface area (Å²) >= 11 is 0. The highest BCUT2D eigenvalue weighted by Crippen LogP contribution is 2.60. The Morgan fingerprint density at radius 2 is 1.76 bits per heavy atom. The topological polar surface area (TPSA) is 80.9 Å². The molecule has 238 valence electrons. The van der Waals surface area contributed by atoms with Gasteiger partial charge in [0.2, 0.25) is 0 Å². The van der Waals surface area contributed by atoms with Crippen LogP contribution in [0.15, 0.2) is 35.5 Å². The van der Waals surface area contributed by atoms with Crippen LogP contribution in [0.3, 0.4) is 0 Å². The van der Waals surface area contributed by atoms with Crippen molar-refractivity contribution in [1.82, 2.24) is 0 Å². The zero-order valence-corrected chi connectivity index (χ0v) is 23.6. The van der Waals surface area contributed by atoms with Gasteiger partial charge in [0, 0.05) is 21.1 Å². The van der Waals surface area contributed by atoms with Crippen LogP contribution in [0.25, 0.3) is 0 Å². The van der Waals surface area contributed by atoms with E-state index in [4.69, 9.17) is 8.22 Å². The molecule has 3 aliphatic carbocycles. The Labute approximate surface area is 253 Å². The Kier molecular flexibility index (Phi) is 8.02. The van der Waals surface area contributed by atoms with E-state index in [0.717, 1.165) is 11.5 Å². The molecule has 4 nitrogen and oxygen atoms in total. The summed E-state index contributed by atoms with van der Waals surface area (Å²) in [6, 6.07) is 0. The Morgan fingerprint density at radius 3 is 2.38 bits per heavy atom. The summed E-state index contributed by atoms with van der Waals surface area (Å²) in [5.41, 5.74) is -6.62. The predicted molar refractivity (Wildman–Crippen MR) is 148 cm³/mol. The molecule has 6 atom stereocenters. The largest absolute Gasteiger partial charge is 0.438 e. The van der Waals surface area contributed by atoms with Gasteiger partial charge in [-0.15, -0.1) is 0 Å². The van der Waals surface area contributed by atoms with E-state index in [9.17, 15) is 46.8 Å². The zero-order valence-electron chi connectivity index (χ0n) is 29.6. The van der Waals surface area contributed by atoms with Crippen molar-refractivity contribution in [3.8, 4) is 11.8 Å². The quantitative estimate of drug-likeness (QED) is 0.186. The Bertz CT molecular complexity index is 1280. The van der Waals surface area contributed by atoms with Crippen LogP contribution in [0, 0.1) is 35.0 Å². The first-order valence-corrected chi connectivity index (χ1v) is 14.2. The lowest BCUT2D eigenvalue weighted by molar-refractivity contribution is -0.343. The summed E-state index contributed by atoms with van der Waals surface area (Å²) < 4.78 is 126. The van der Waals surface area contributed by atoms with Gasteiger partial charge in [0.1, 0.15) is 0 Å². The molecule has 2 unspecified atom stereocenters. The number of allylic oxidation sites excluding steroid dienone is 3. The fourth-order valence-electron chi connectivity index (χ4n) is 7.20. The molecular weight excluding hydrogens is 562 g/mol. The van der Waals surface area contributed by atoms with Gasteiger partial charge in [-0.2, -0.15) is 26.3 Å². The molecule has 3 rings (SSSR count). The zero-order chi connectivity index (χ0) is 36.7. The van der Waals surface area contributed by atoms with E-state index in [1.807, 2.05) is 25.0 Å². The summed E-state index contributed by atoms with van der Waals surface area (Å²) in [7, 11) is 0. The normalized spacial score (nSPS) is 34.8. The molecule has 0 aromatic rings. The summed E-state index contributed by atoms with van der Waals surface area (Å²) in [4.78, 5) is 0. The van der Waals surface area contributed by atoms with Gasteiger partial charge >= 0.3 is 18.0 Å². The monoisotopic (exact) mass is 612 g/mol. The molecule has 0 amide bonds. The minimum Gasteiger partial charge on any atom is -0.393 e. The van der Waals surface area contributed by atoms with Crippen molar-refractivity contribution < 1.29 is 55.0 Å². The van der Waals surface area contributed by atoms with Gasteiger partial charge in [-0.25, -0.2) is 0 Å². The van der Waals surface area contributed by atoms with E-state index < -0.39 is 73.6 Å². The average Bonchev–Trinajstić information content (AvgIpc) is 3.28. The number of rotatable bonds is 7. The molecule has 0 radical (unpaired) electrons. The summed E-state index contributed by atoms with van der Waals surface area (Å²) in [6.07, 6.45) is -7.99. The number of aliphatic hydroxyl groups excluding tert-OH is 2. The van der Waals surface area contributed by atoms with Crippen molar-refractivity contribution in [3.05, 3.63) is 35.5 Å². The highest BCUT2D eigenvalue weighted by atomic mass is 19.4. The molecule has 0 saturated heterocycles. The minimum absolute atomic E-state index is 0.0424. The molecule has 3 fully saturated rings. The Hall–Kier alpha value is -1.80. The summed E-state index contributed by atoms with van der Waals surface area (Å²) in [6.45, 7) is -0.707. The lowest BCUT2D eigenvalue weighted by Crippen LogP contribution is -2.55. The molecular formula is C32H44F6O4. The third kappa shape index (κ3) is 7.64. The summed E-state index contributed by atoms with van der Waals surface area (Å²) in [5, 5.41) is 40.6. The molecule has 0 aromatic heterocycles. The van der Waals surface area contributed by atoms with Crippen molar-refractivity contribution in [2.45, 2.75) is 127 Å². The molecule has 3 saturated carbocycles. The van der Waals surface area contributed by atoms with Crippen molar-refractivity contribution >= 4 is 0 Å². The highest BCUT2D eigenvalue weighted by molar-refractivity contribution is 5.38. The molecule has 0 aromatic carbocycles. The second-order valence-corrected chi connectivity index (χ2v) is 12.4. The molecule has 3 aliphatic rings. The lowest BCUT2D eigenvalue weighted by Gasteiger charge is -2.45. The van der Waals surface area contributed by atoms with Gasteiger partial charge in [0.05, 0.1) is 17.8 Å². The maximum atomic E-state index is 13.3. The maximum Gasteiger partial charge on any atom is 0.438 e. The predicted octanol–water partition coefficient (Wildman–Crippen LogP) is 6.93. The molecule has 0 heterocycles. The number of hydrogen-bond donors (Lipinski definition) is 4. The molecule has 0 spiro atoms. The van der Waals surface area contributed by atoms with E-state index in [1.54, 1.807) is 0 Å². The van der Waals surface area contributed by atoms with Gasteiger partial charge in [-0.3, -0.25) is 0 Å². The number of fused-ring (bicyclic) bond motifs is 1. The van der Waals surface area contributed by atoms with E-state index in [-0.39, 0.29) is 31.1 Å². The van der Waals surface area contributed by atoms with Crippen LogP contribution in [0.1, 0.15) is 99.5 Å². The second kappa shape index (κ2) is 12.7. The van der Waals surface area contributed by atoms with E-state index >= 15 is 0 Å². The smallest absolute Gasteiger partial charge is 0.393 e. The fourth-order valence-corrected chi connectivity index (χ4v) is 7.20. The Balaban J connectivity index is 1.97. The van der Waals surface area contributed by atoms with Crippen LogP contribution in [-0.2, 0) is 0 Å². The molecule has 0 aliphatic heterocycles. The standard InChI is InChI=1S/C32H44F6O4/c1-20-23(18-24(39)19-27(20)40)12-11-22-9-6-16-29(4)25(13-14-26(22)29)21(8-5-15-28(2,3)41)10-7-17-30(42,31(33,34)35)32(36,37)38/h11-12,21,24-27,39-42H,1,5-6,8-10,13-16,18-19H2,2-4H3/b22-11+,23-12-/t21-,24+,25?,26?,27-,29+/m0/s1/i2D3,3D3. The van der Waals surface area contributed by atoms with Crippen molar-refractivity contribution in [2.75, 3.05) is 0 Å². The van der Waals surface area contributed by atoms with Gasteiger partial charge in [-0.05, 0) is 105 Å². The first kappa shape index (κ1) is 26.6. The van der Waals surface area contributed by atoms with Crippen LogP contribution in [0.4, 0.5) is 26.3 Å². The molecule has 4 N–H and O–H groups in total. The second-order valence-electron chi connectivity index (χ2n) is 12.4. The number of halogens is 6. The molecule has 0 bridgehead atoms. The van der Waals surface area contributed by atoms with Gasteiger partial charge in [0.15, 0.2) is 0 Å². The van der Waals surface area contributed by atoms with E-state index in [1.165, 1.54) is 0 Å². The van der Waals surface area contributed by atoms with Gasteiger partial charge in [0.25, 0.3) is 0 Å². The minimum atomic E-state index is -6.14. The van der Waals surface area contributed by atoms with Crippen molar-refractivity contribution in [2.24, 2.45) is 23.2 Å². The fraction of sp³-hybridized carbons (Fsp3) is 0.750. The first-order chi connectivity index (χ1) is 21.7. The maximum absolute atomic E-state index is 13.3. The third-order valence-electron chi connectivity index (χ3n) is 9.44. The molecule has 10 heteroatoms. The number of aliphatic hydroxyl groups is 4. The van der Waals surface area contributed by atoms with Gasteiger partial charge < -0.3 is 20.4 Å². The lowest BCUT2D eigenvalue weighted by atomic mass is 9.60. The third-order valence-corrected chi connectivity index (χ3v) is 9.44. The highest BCUT2D eigenvalue weighted by Gasteiger charge is 2.70. The summed E-state index contributed by atoms with van der Waals surface area (Å²) in [5.74, 6) is 1.83. The molecule has 42 heavy (non-hydrogen) atoms. The van der Waals surface area contributed by atoms with Crippen LogP contribution in [0.5, 0.6) is 0 Å². The van der Waals surface area contributed by atoms with E-state index in [2.05, 4.69) is 6.58 Å². The van der Waals surface area contributed by atoms with Crippen LogP contribution >= 0.6 is 0 Å². The average molecular weight is 613 g/mol. The number of hydrogen-bond acceptors (Lipinski definition) is 4. The van der Waals surface area contributed by atoms with E-state index in [0.29, 0.717) is 49.7 Å². The van der Waals surface area contributed by atoms with Gasteiger partial charge in [-0.1, -0.05) is 43.6 Å². The number of alkyl halides is 6. The van der Waals surface area contributed by atoms with Crippen LogP contribution in [0.2, 0.25) is 0 Å².